The molecule has 0 aromatic carbocycles. The van der Waals surface area contributed by atoms with Gasteiger partial charge in [0, 0.05) is 25.5 Å². The van der Waals surface area contributed by atoms with Crippen LogP contribution in [0.4, 0.5) is 0 Å². The van der Waals surface area contributed by atoms with Crippen molar-refractivity contribution in [1.82, 2.24) is 0 Å². The molecule has 5 nitrogen and oxygen atoms in total. The minimum atomic E-state index is -3.40. The van der Waals surface area contributed by atoms with Gasteiger partial charge >= 0.3 is 8.80 Å². The van der Waals surface area contributed by atoms with Crippen LogP contribution in [0.3, 0.4) is 0 Å². The molecule has 0 aromatic heterocycles. The van der Waals surface area contributed by atoms with Crippen LogP contribution in [0, 0.1) is 0 Å². The first-order valence-electron chi connectivity index (χ1n) is 23.1. The molecule has 0 spiro atoms. The van der Waals surface area contributed by atoms with Gasteiger partial charge in [-0.15, -0.1) is 0 Å². The van der Waals surface area contributed by atoms with Crippen molar-refractivity contribution in [3.8, 4) is 0 Å². The smallest absolute Gasteiger partial charge is 0.464 e. The van der Waals surface area contributed by atoms with Gasteiger partial charge in [0.2, 0.25) is 0 Å². The fourth-order valence-electron chi connectivity index (χ4n) is 7.15. The largest absolute Gasteiger partial charge is 0.636 e. The van der Waals surface area contributed by atoms with Crippen molar-refractivity contribution in [1.29, 1.82) is 0 Å². The second-order valence-corrected chi connectivity index (χ2v) is 18.2. The second-order valence-electron chi connectivity index (χ2n) is 15.6. The Kier molecular flexibility index (Phi) is 39.6. The topological polar surface area (TPSA) is 61.8 Å². The summed E-state index contributed by atoms with van der Waals surface area (Å²) in [6, 6.07) is 0.541. The summed E-state index contributed by atoms with van der Waals surface area (Å²) in [5.41, 5.74) is 0. The van der Waals surface area contributed by atoms with E-state index < -0.39 is 8.80 Å². The lowest BCUT2D eigenvalue weighted by Crippen LogP contribution is -2.49. The van der Waals surface area contributed by atoms with Gasteiger partial charge in [0.15, 0.2) is 0 Å². The molecule has 0 saturated carbocycles. The van der Waals surface area contributed by atoms with Crippen LogP contribution in [0.5, 0.6) is 0 Å². The zero-order valence-electron chi connectivity index (χ0n) is 35.1. The maximum absolute atomic E-state index is 13.0. The van der Waals surface area contributed by atoms with Gasteiger partial charge < -0.3 is 13.3 Å². The number of hydrogen-bond donors (Lipinski definition) is 0. The summed E-state index contributed by atoms with van der Waals surface area (Å²) < 4.78 is 18.2. The first-order valence-corrected chi connectivity index (χ1v) is 25.0. The molecule has 0 aliphatic carbocycles. The highest BCUT2D eigenvalue weighted by molar-refractivity contribution is 6.64. The minimum Gasteiger partial charge on any atom is -0.464 e. The first-order chi connectivity index (χ1) is 25.0. The minimum absolute atomic E-state index is 0.252. The van der Waals surface area contributed by atoms with Gasteiger partial charge in [0.05, 0.1) is 0 Å². The number of carbonyl (C=O) groups is 2. The van der Waals surface area contributed by atoms with Crippen LogP contribution in [0.2, 0.25) is 6.04 Å². The molecule has 0 fully saturated rings. The zero-order valence-corrected chi connectivity index (χ0v) is 36.1. The average Bonchev–Trinajstić information content (AvgIpc) is 3.11. The standard InChI is InChI=1S/C45H90O5Si/c1-5-9-12-15-17-19-21-23-25-27-29-31-33-35-38-41-44(46)49-51(48-8-4,43-40-37-14-11-7-3)50-45(47)42-39-36-34-32-30-28-26-24-22-20-18-16-13-10-6-2/h5-43H2,1-4H3. The highest BCUT2D eigenvalue weighted by Crippen LogP contribution is 2.24. The molecule has 0 amide bonds. The van der Waals surface area contributed by atoms with Gasteiger partial charge in [-0.25, -0.2) is 0 Å². The Morgan fingerprint density at radius 2 is 0.569 bits per heavy atom. The van der Waals surface area contributed by atoms with E-state index in [0.29, 0.717) is 25.5 Å². The van der Waals surface area contributed by atoms with Crippen LogP contribution >= 0.6 is 0 Å². The average molecular weight is 739 g/mol. The molecular weight excluding hydrogens is 649 g/mol. The van der Waals surface area contributed by atoms with Crippen molar-refractivity contribution in [3.05, 3.63) is 0 Å². The van der Waals surface area contributed by atoms with Gasteiger partial charge in [0.1, 0.15) is 0 Å². The molecule has 0 aromatic rings. The Morgan fingerprint density at radius 3 is 0.824 bits per heavy atom. The summed E-state index contributed by atoms with van der Waals surface area (Å²) in [4.78, 5) is 26.1. The molecule has 0 aliphatic heterocycles. The summed E-state index contributed by atoms with van der Waals surface area (Å²) in [5.74, 6) is -0.503. The fourth-order valence-corrected chi connectivity index (χ4v) is 9.68. The molecule has 304 valence electrons. The van der Waals surface area contributed by atoms with E-state index in [1.54, 1.807) is 0 Å². The van der Waals surface area contributed by atoms with E-state index in [9.17, 15) is 9.59 Å². The number of rotatable bonds is 42. The van der Waals surface area contributed by atoms with Gasteiger partial charge in [-0.3, -0.25) is 9.59 Å². The van der Waals surface area contributed by atoms with E-state index in [2.05, 4.69) is 20.8 Å². The SMILES string of the molecule is CCCCCCCCCCCCCCCCCC(=O)O[Si](CCCCCCC)(OCC)OC(=O)CCCCCCCCCCCCCCCCC. The van der Waals surface area contributed by atoms with E-state index in [-0.39, 0.29) is 11.9 Å². The van der Waals surface area contributed by atoms with Crippen molar-refractivity contribution in [3.63, 3.8) is 0 Å². The maximum atomic E-state index is 13.0. The summed E-state index contributed by atoms with van der Waals surface area (Å²) in [6.07, 6.45) is 45.1. The molecule has 0 rings (SSSR count). The third kappa shape index (κ3) is 35.9. The number of unbranched alkanes of at least 4 members (excludes halogenated alkanes) is 32. The summed E-state index contributed by atoms with van der Waals surface area (Å²) >= 11 is 0. The van der Waals surface area contributed by atoms with Crippen LogP contribution < -0.4 is 0 Å². The van der Waals surface area contributed by atoms with Crippen LogP contribution in [-0.2, 0) is 22.9 Å². The summed E-state index contributed by atoms with van der Waals surface area (Å²) in [5, 5.41) is 0. The molecule has 0 unspecified atom stereocenters. The van der Waals surface area contributed by atoms with E-state index >= 15 is 0 Å². The van der Waals surface area contributed by atoms with E-state index in [1.165, 1.54) is 180 Å². The van der Waals surface area contributed by atoms with Crippen molar-refractivity contribution in [2.75, 3.05) is 6.61 Å². The maximum Gasteiger partial charge on any atom is 0.636 e. The predicted molar refractivity (Wildman–Crippen MR) is 222 cm³/mol. The zero-order chi connectivity index (χ0) is 37.4. The van der Waals surface area contributed by atoms with Crippen LogP contribution in [-0.4, -0.2) is 27.3 Å². The van der Waals surface area contributed by atoms with Crippen LogP contribution in [0.15, 0.2) is 0 Å². The molecule has 0 heterocycles. The Bertz CT molecular complexity index is 681. The molecule has 6 heteroatoms. The van der Waals surface area contributed by atoms with Crippen molar-refractivity contribution < 1.29 is 22.9 Å². The lowest BCUT2D eigenvalue weighted by Gasteiger charge is -2.28. The molecule has 51 heavy (non-hydrogen) atoms. The Balaban J connectivity index is 4.30. The normalized spacial score (nSPS) is 11.7. The van der Waals surface area contributed by atoms with Crippen molar-refractivity contribution in [2.45, 2.75) is 271 Å². The summed E-state index contributed by atoms with van der Waals surface area (Å²) in [7, 11) is -3.40. The molecule has 0 radical (unpaired) electrons. The third-order valence-electron chi connectivity index (χ3n) is 10.5. The summed E-state index contributed by atoms with van der Waals surface area (Å²) in [6.45, 7) is 9.06. The van der Waals surface area contributed by atoms with Gasteiger partial charge in [-0.2, -0.15) is 0 Å². The Morgan fingerprint density at radius 1 is 0.333 bits per heavy atom. The predicted octanol–water partition coefficient (Wildman–Crippen LogP) is 15.5. The Labute approximate surface area is 320 Å². The lowest BCUT2D eigenvalue weighted by molar-refractivity contribution is -0.146. The molecular formula is C45H90O5Si. The fraction of sp³-hybridized carbons (Fsp3) is 0.956. The monoisotopic (exact) mass is 739 g/mol. The van der Waals surface area contributed by atoms with Gasteiger partial charge in [0.25, 0.3) is 11.9 Å². The quantitative estimate of drug-likeness (QED) is 0.0461. The number of carbonyl (C=O) groups excluding carboxylic acids is 2. The first kappa shape index (κ1) is 50.1. The van der Waals surface area contributed by atoms with Crippen LogP contribution in [0.25, 0.3) is 0 Å². The highest BCUT2D eigenvalue weighted by atomic mass is 28.4. The molecule has 0 N–H and O–H groups in total. The van der Waals surface area contributed by atoms with Crippen LogP contribution in [0.1, 0.15) is 265 Å². The molecule has 0 saturated heterocycles. The highest BCUT2D eigenvalue weighted by Gasteiger charge is 2.48. The lowest BCUT2D eigenvalue weighted by atomic mass is 10.0. The van der Waals surface area contributed by atoms with Crippen molar-refractivity contribution >= 4 is 20.7 Å². The van der Waals surface area contributed by atoms with Gasteiger partial charge in [-0.1, -0.05) is 226 Å². The molecule has 0 aliphatic rings. The van der Waals surface area contributed by atoms with Crippen molar-refractivity contribution in [2.24, 2.45) is 0 Å². The second kappa shape index (κ2) is 40.3. The molecule has 0 atom stereocenters. The molecule has 0 bridgehead atoms. The van der Waals surface area contributed by atoms with E-state index in [1.807, 2.05) is 6.92 Å². The number of hydrogen-bond acceptors (Lipinski definition) is 5. The Hall–Kier alpha value is -0.883. The third-order valence-corrected chi connectivity index (χ3v) is 13.2. The van der Waals surface area contributed by atoms with E-state index in [4.69, 9.17) is 13.3 Å². The van der Waals surface area contributed by atoms with Gasteiger partial charge in [-0.05, 0) is 26.2 Å². The van der Waals surface area contributed by atoms with E-state index in [0.717, 1.165) is 44.9 Å².